The number of rotatable bonds is 9. The lowest BCUT2D eigenvalue weighted by Crippen LogP contribution is -2.37. The molecule has 0 aliphatic heterocycles. The second-order valence-corrected chi connectivity index (χ2v) is 8.01. The van der Waals surface area contributed by atoms with Gasteiger partial charge in [0.25, 0.3) is 5.56 Å². The molecule has 6 heteroatoms. The van der Waals surface area contributed by atoms with Crippen LogP contribution in [0.2, 0.25) is 0 Å². The lowest BCUT2D eigenvalue weighted by atomic mass is 10.1. The van der Waals surface area contributed by atoms with Gasteiger partial charge in [0.15, 0.2) is 0 Å². The first-order valence-electron chi connectivity index (χ1n) is 11.2. The first kappa shape index (κ1) is 23.0. The van der Waals surface area contributed by atoms with Crippen LogP contribution in [-0.4, -0.2) is 34.0 Å². The van der Waals surface area contributed by atoms with Crippen molar-refractivity contribution < 1.29 is 9.53 Å². The van der Waals surface area contributed by atoms with Gasteiger partial charge in [0.1, 0.15) is 12.3 Å². The van der Waals surface area contributed by atoms with Crippen molar-refractivity contribution >= 4 is 5.91 Å². The number of ether oxygens (including phenoxy) is 1. The summed E-state index contributed by atoms with van der Waals surface area (Å²) in [5.74, 6) is 0.609. The van der Waals surface area contributed by atoms with Gasteiger partial charge in [-0.15, -0.1) is 0 Å². The van der Waals surface area contributed by atoms with Crippen LogP contribution < -0.4 is 10.3 Å². The second-order valence-electron chi connectivity index (χ2n) is 8.01. The summed E-state index contributed by atoms with van der Waals surface area (Å²) in [6.45, 7) is 0.985. The van der Waals surface area contributed by atoms with Crippen LogP contribution >= 0.6 is 0 Å². The summed E-state index contributed by atoms with van der Waals surface area (Å²) in [5, 5.41) is 0. The number of carbonyl (C=O) groups is 1. The van der Waals surface area contributed by atoms with Gasteiger partial charge in [-0.2, -0.15) is 0 Å². The van der Waals surface area contributed by atoms with E-state index in [9.17, 15) is 9.59 Å². The molecule has 3 aromatic carbocycles. The number of nitrogens with zero attached hydrogens (tertiary/aromatic N) is 3. The number of benzene rings is 3. The van der Waals surface area contributed by atoms with Gasteiger partial charge in [0.2, 0.25) is 5.91 Å². The predicted octanol–water partition coefficient (Wildman–Crippen LogP) is 4.19. The zero-order valence-electron chi connectivity index (χ0n) is 19.1. The molecule has 0 saturated heterocycles. The standard InChI is InChI=1S/C28H27N3O3/c1-34-25-14-12-24(13-15-25)26-18-27(32)31(21-29-26)20-28(33)30(19-23-10-6-3-7-11-23)17-16-22-8-4-2-5-9-22/h2-15,18,21H,16-17,19-20H2,1H3. The third-order valence-electron chi connectivity index (χ3n) is 5.65. The van der Waals surface area contributed by atoms with Crippen molar-refractivity contribution in [3.05, 3.63) is 119 Å². The van der Waals surface area contributed by atoms with Crippen LogP contribution in [0.25, 0.3) is 11.3 Å². The fourth-order valence-electron chi connectivity index (χ4n) is 3.71. The van der Waals surface area contributed by atoms with Crippen molar-refractivity contribution in [2.24, 2.45) is 0 Å². The van der Waals surface area contributed by atoms with E-state index in [1.54, 1.807) is 12.0 Å². The molecule has 0 unspecified atom stereocenters. The van der Waals surface area contributed by atoms with E-state index >= 15 is 0 Å². The molecular weight excluding hydrogens is 426 g/mol. The van der Waals surface area contributed by atoms with Crippen molar-refractivity contribution in [3.63, 3.8) is 0 Å². The Bertz CT molecular complexity index is 1270. The highest BCUT2D eigenvalue weighted by atomic mass is 16.5. The Morgan fingerprint density at radius 1 is 0.912 bits per heavy atom. The summed E-state index contributed by atoms with van der Waals surface area (Å²) < 4.78 is 6.53. The number of amides is 1. The van der Waals surface area contributed by atoms with Crippen molar-refractivity contribution in [2.75, 3.05) is 13.7 Å². The van der Waals surface area contributed by atoms with Crippen LogP contribution in [0.15, 0.2) is 102 Å². The van der Waals surface area contributed by atoms with E-state index in [0.717, 1.165) is 28.9 Å². The Morgan fingerprint density at radius 3 is 2.18 bits per heavy atom. The van der Waals surface area contributed by atoms with E-state index in [1.165, 1.54) is 17.0 Å². The number of hydrogen-bond donors (Lipinski definition) is 0. The average Bonchev–Trinajstić information content (AvgIpc) is 2.89. The molecule has 0 N–H and O–H groups in total. The molecule has 0 aliphatic rings. The Labute approximate surface area is 199 Å². The molecule has 1 aromatic heterocycles. The summed E-state index contributed by atoms with van der Waals surface area (Å²) in [6, 6.07) is 28.7. The third-order valence-corrected chi connectivity index (χ3v) is 5.65. The number of carbonyl (C=O) groups excluding carboxylic acids is 1. The Hall–Kier alpha value is -4.19. The van der Waals surface area contributed by atoms with Crippen LogP contribution in [0.4, 0.5) is 0 Å². The second kappa shape index (κ2) is 11.1. The number of hydrogen-bond acceptors (Lipinski definition) is 4. The van der Waals surface area contributed by atoms with Gasteiger partial charge in [-0.3, -0.25) is 14.2 Å². The summed E-state index contributed by atoms with van der Waals surface area (Å²) in [6.07, 6.45) is 2.18. The highest BCUT2D eigenvalue weighted by Crippen LogP contribution is 2.19. The summed E-state index contributed by atoms with van der Waals surface area (Å²) in [4.78, 5) is 32.2. The molecule has 0 saturated carbocycles. The largest absolute Gasteiger partial charge is 0.497 e. The van der Waals surface area contributed by atoms with Crippen molar-refractivity contribution in [1.29, 1.82) is 0 Å². The van der Waals surface area contributed by atoms with E-state index in [1.807, 2.05) is 72.8 Å². The first-order valence-corrected chi connectivity index (χ1v) is 11.2. The fraction of sp³-hybridized carbons (Fsp3) is 0.179. The predicted molar refractivity (Wildman–Crippen MR) is 132 cm³/mol. The molecule has 6 nitrogen and oxygen atoms in total. The van der Waals surface area contributed by atoms with E-state index in [2.05, 4.69) is 17.1 Å². The summed E-state index contributed by atoms with van der Waals surface area (Å²) in [5.41, 5.74) is 3.31. The highest BCUT2D eigenvalue weighted by molar-refractivity contribution is 5.76. The molecule has 34 heavy (non-hydrogen) atoms. The van der Waals surface area contributed by atoms with Gasteiger partial charge in [0, 0.05) is 24.7 Å². The number of methoxy groups -OCH3 is 1. The van der Waals surface area contributed by atoms with Crippen LogP contribution in [-0.2, 0) is 24.3 Å². The van der Waals surface area contributed by atoms with Gasteiger partial charge in [-0.25, -0.2) is 4.98 Å². The first-order chi connectivity index (χ1) is 16.6. The van der Waals surface area contributed by atoms with Crippen LogP contribution in [0.5, 0.6) is 5.75 Å². The van der Waals surface area contributed by atoms with Crippen molar-refractivity contribution in [3.8, 4) is 17.0 Å². The highest BCUT2D eigenvalue weighted by Gasteiger charge is 2.16. The van der Waals surface area contributed by atoms with Crippen LogP contribution in [0.1, 0.15) is 11.1 Å². The normalized spacial score (nSPS) is 10.6. The zero-order valence-corrected chi connectivity index (χ0v) is 19.1. The SMILES string of the molecule is COc1ccc(-c2cc(=O)n(CC(=O)N(CCc3ccccc3)Cc3ccccc3)cn2)cc1. The van der Waals surface area contributed by atoms with Gasteiger partial charge >= 0.3 is 0 Å². The lowest BCUT2D eigenvalue weighted by Gasteiger charge is -2.23. The Kier molecular flexibility index (Phi) is 7.50. The minimum absolute atomic E-state index is 0.0592. The fourth-order valence-corrected chi connectivity index (χ4v) is 3.71. The molecule has 172 valence electrons. The molecule has 0 aliphatic carbocycles. The quantitative estimate of drug-likeness (QED) is 0.381. The Balaban J connectivity index is 1.49. The van der Waals surface area contributed by atoms with E-state index < -0.39 is 0 Å². The minimum atomic E-state index is -0.267. The van der Waals surface area contributed by atoms with Crippen LogP contribution in [0.3, 0.4) is 0 Å². The van der Waals surface area contributed by atoms with E-state index in [-0.39, 0.29) is 18.0 Å². The summed E-state index contributed by atoms with van der Waals surface area (Å²) in [7, 11) is 1.60. The zero-order chi connectivity index (χ0) is 23.8. The molecule has 4 rings (SSSR count). The third kappa shape index (κ3) is 5.98. The van der Waals surface area contributed by atoms with Gasteiger partial charge in [-0.05, 0) is 41.8 Å². The molecule has 0 fully saturated rings. The molecule has 4 aromatic rings. The maximum atomic E-state index is 13.2. The monoisotopic (exact) mass is 453 g/mol. The van der Waals surface area contributed by atoms with Gasteiger partial charge in [-0.1, -0.05) is 60.7 Å². The molecule has 0 bridgehead atoms. The maximum Gasteiger partial charge on any atom is 0.254 e. The molecule has 0 radical (unpaired) electrons. The maximum absolute atomic E-state index is 13.2. The smallest absolute Gasteiger partial charge is 0.254 e. The van der Waals surface area contributed by atoms with Crippen molar-refractivity contribution in [1.82, 2.24) is 14.5 Å². The Morgan fingerprint density at radius 2 is 1.56 bits per heavy atom. The lowest BCUT2D eigenvalue weighted by molar-refractivity contribution is -0.132. The molecule has 1 amide bonds. The number of aromatic nitrogens is 2. The summed E-state index contributed by atoms with van der Waals surface area (Å²) >= 11 is 0. The van der Waals surface area contributed by atoms with E-state index in [4.69, 9.17) is 4.74 Å². The molecular formula is C28H27N3O3. The van der Waals surface area contributed by atoms with E-state index in [0.29, 0.717) is 18.8 Å². The van der Waals surface area contributed by atoms with Gasteiger partial charge in [0.05, 0.1) is 19.1 Å². The average molecular weight is 454 g/mol. The van der Waals surface area contributed by atoms with Crippen LogP contribution in [0, 0.1) is 0 Å². The molecule has 0 spiro atoms. The molecule has 1 heterocycles. The van der Waals surface area contributed by atoms with Gasteiger partial charge < -0.3 is 9.64 Å². The topological polar surface area (TPSA) is 64.4 Å². The van der Waals surface area contributed by atoms with Crippen molar-refractivity contribution in [2.45, 2.75) is 19.5 Å². The molecule has 0 atom stereocenters. The minimum Gasteiger partial charge on any atom is -0.497 e.